The second-order valence-electron chi connectivity index (χ2n) is 8.04. The molecule has 2 heterocycles. The van der Waals surface area contributed by atoms with Crippen LogP contribution in [0.3, 0.4) is 0 Å². The van der Waals surface area contributed by atoms with E-state index in [0.29, 0.717) is 5.52 Å². The molecule has 0 radical (unpaired) electrons. The third-order valence-corrected chi connectivity index (χ3v) is 5.11. The number of nitrogens with one attached hydrogen (secondary N) is 2. The summed E-state index contributed by atoms with van der Waals surface area (Å²) in [5.74, 6) is -1.13. The number of pyridine rings is 2. The minimum atomic E-state index is -5.05. The van der Waals surface area contributed by atoms with Crippen LogP contribution in [-0.2, 0) is 5.41 Å². The Morgan fingerprint density at radius 3 is 2.52 bits per heavy atom. The number of aromatic amines is 1. The molecule has 1 unspecified atom stereocenters. The molecule has 3 rings (SSSR count). The molecule has 2 aromatic heterocycles. The Balaban J connectivity index is 1.90. The van der Waals surface area contributed by atoms with E-state index < -0.39 is 41.4 Å². The van der Waals surface area contributed by atoms with Crippen LogP contribution in [0.2, 0.25) is 0 Å². The van der Waals surface area contributed by atoms with Gasteiger partial charge in [0.1, 0.15) is 22.9 Å². The topological polar surface area (TPSA) is 98.2 Å². The molecule has 0 aliphatic rings. The van der Waals surface area contributed by atoms with Gasteiger partial charge in [0.05, 0.1) is 12.1 Å². The molecule has 10 heteroatoms. The van der Waals surface area contributed by atoms with Crippen molar-refractivity contribution in [1.82, 2.24) is 9.97 Å². The molecular formula is C21H21F4N3O3. The summed E-state index contributed by atoms with van der Waals surface area (Å²) in [6.07, 6.45) is -4.50. The van der Waals surface area contributed by atoms with E-state index >= 15 is 0 Å². The molecular weight excluding hydrogens is 418 g/mol. The maximum absolute atomic E-state index is 13.8. The van der Waals surface area contributed by atoms with Crippen molar-refractivity contribution in [2.24, 2.45) is 0 Å². The zero-order chi connectivity index (χ0) is 23.0. The van der Waals surface area contributed by atoms with Crippen LogP contribution in [0.5, 0.6) is 5.75 Å². The van der Waals surface area contributed by atoms with E-state index in [1.54, 1.807) is 0 Å². The van der Waals surface area contributed by atoms with Crippen molar-refractivity contribution in [2.45, 2.75) is 37.5 Å². The first kappa shape index (κ1) is 22.5. The van der Waals surface area contributed by atoms with Crippen molar-refractivity contribution in [3.05, 3.63) is 64.2 Å². The SMILES string of the molecule is CC(C)(CC(O)(CNc1ccc2[nH]ccc(=O)c2n1)C(F)(F)F)c1cc(F)ccc1O. The molecule has 0 fully saturated rings. The van der Waals surface area contributed by atoms with Gasteiger partial charge in [0.25, 0.3) is 0 Å². The number of benzene rings is 1. The average Bonchev–Trinajstić information content (AvgIpc) is 2.67. The van der Waals surface area contributed by atoms with E-state index in [1.807, 2.05) is 0 Å². The maximum atomic E-state index is 13.8. The van der Waals surface area contributed by atoms with E-state index in [9.17, 15) is 32.6 Å². The first-order valence-electron chi connectivity index (χ1n) is 9.33. The first-order valence-corrected chi connectivity index (χ1v) is 9.33. The van der Waals surface area contributed by atoms with E-state index in [1.165, 1.54) is 38.2 Å². The number of fused-ring (bicyclic) bond motifs is 1. The summed E-state index contributed by atoms with van der Waals surface area (Å²) in [5.41, 5.74) is -4.71. The van der Waals surface area contributed by atoms with Gasteiger partial charge in [0, 0.05) is 17.8 Å². The number of aromatic nitrogens is 2. The van der Waals surface area contributed by atoms with Gasteiger partial charge in [0.15, 0.2) is 5.60 Å². The summed E-state index contributed by atoms with van der Waals surface area (Å²) >= 11 is 0. The molecule has 166 valence electrons. The van der Waals surface area contributed by atoms with E-state index in [4.69, 9.17) is 0 Å². The molecule has 3 aromatic rings. The van der Waals surface area contributed by atoms with Crippen molar-refractivity contribution < 1.29 is 27.8 Å². The van der Waals surface area contributed by atoms with E-state index in [-0.39, 0.29) is 22.6 Å². The lowest BCUT2D eigenvalue weighted by atomic mass is 9.74. The summed E-state index contributed by atoms with van der Waals surface area (Å²) in [7, 11) is 0. The lowest BCUT2D eigenvalue weighted by molar-refractivity contribution is -0.260. The minimum Gasteiger partial charge on any atom is -0.508 e. The van der Waals surface area contributed by atoms with Crippen LogP contribution in [0, 0.1) is 5.82 Å². The third-order valence-electron chi connectivity index (χ3n) is 5.11. The predicted molar refractivity (Wildman–Crippen MR) is 108 cm³/mol. The fourth-order valence-corrected chi connectivity index (χ4v) is 3.52. The number of aromatic hydroxyl groups is 1. The largest absolute Gasteiger partial charge is 0.508 e. The van der Waals surface area contributed by atoms with Gasteiger partial charge in [-0.2, -0.15) is 13.2 Å². The number of rotatable bonds is 6. The van der Waals surface area contributed by atoms with Crippen LogP contribution >= 0.6 is 0 Å². The highest BCUT2D eigenvalue weighted by Gasteiger charge is 2.56. The highest BCUT2D eigenvalue weighted by atomic mass is 19.4. The molecule has 0 spiro atoms. The quantitative estimate of drug-likeness (QED) is 0.438. The highest BCUT2D eigenvalue weighted by Crippen LogP contribution is 2.43. The van der Waals surface area contributed by atoms with Crippen molar-refractivity contribution in [2.75, 3.05) is 11.9 Å². The maximum Gasteiger partial charge on any atom is 0.418 e. The Kier molecular flexibility index (Phi) is 5.70. The van der Waals surface area contributed by atoms with Gasteiger partial charge in [-0.05, 0) is 42.2 Å². The number of hydrogen-bond donors (Lipinski definition) is 4. The first-order chi connectivity index (χ1) is 14.3. The summed E-state index contributed by atoms with van der Waals surface area (Å²) in [6.45, 7) is 1.76. The molecule has 1 aromatic carbocycles. The Bertz CT molecular complexity index is 1160. The van der Waals surface area contributed by atoms with Crippen LogP contribution in [0.15, 0.2) is 47.4 Å². The van der Waals surface area contributed by atoms with Gasteiger partial charge in [-0.1, -0.05) is 13.8 Å². The Morgan fingerprint density at radius 2 is 1.84 bits per heavy atom. The van der Waals surface area contributed by atoms with Crippen LogP contribution in [0.25, 0.3) is 11.0 Å². The van der Waals surface area contributed by atoms with Crippen molar-refractivity contribution >= 4 is 16.9 Å². The van der Waals surface area contributed by atoms with Gasteiger partial charge >= 0.3 is 6.18 Å². The second-order valence-corrected chi connectivity index (χ2v) is 8.04. The number of alkyl halides is 3. The number of hydrogen-bond acceptors (Lipinski definition) is 5. The number of anilines is 1. The number of H-pyrrole nitrogens is 1. The number of halogens is 4. The Hall–Kier alpha value is -3.14. The fraction of sp³-hybridized carbons (Fsp3) is 0.333. The van der Waals surface area contributed by atoms with Gasteiger partial charge in [0.2, 0.25) is 5.43 Å². The lowest BCUT2D eigenvalue weighted by Crippen LogP contribution is -2.53. The van der Waals surface area contributed by atoms with Gasteiger partial charge < -0.3 is 20.5 Å². The molecule has 0 aliphatic heterocycles. The monoisotopic (exact) mass is 439 g/mol. The standard InChI is InChI=1S/C21H21F4N3O3/c1-19(2,13-9-12(22)3-5-15(13)29)10-20(31,21(23,24)25)11-27-17-6-4-14-18(28-17)16(30)7-8-26-14/h3-9,29,31H,10-11H2,1-2H3,(H,26,30)(H,27,28). The summed E-state index contributed by atoms with van der Waals surface area (Å²) in [6, 6.07) is 7.06. The molecule has 0 aliphatic carbocycles. The van der Waals surface area contributed by atoms with Crippen LogP contribution < -0.4 is 10.7 Å². The average molecular weight is 439 g/mol. The highest BCUT2D eigenvalue weighted by molar-refractivity contribution is 5.75. The Labute approximate surface area is 174 Å². The van der Waals surface area contributed by atoms with Gasteiger partial charge in [-0.15, -0.1) is 0 Å². The van der Waals surface area contributed by atoms with Crippen LogP contribution in [0.4, 0.5) is 23.4 Å². The number of nitrogens with zero attached hydrogens (tertiary/aromatic N) is 1. The summed E-state index contributed by atoms with van der Waals surface area (Å²) < 4.78 is 55.2. The third kappa shape index (κ3) is 4.63. The zero-order valence-electron chi connectivity index (χ0n) is 16.7. The molecule has 31 heavy (non-hydrogen) atoms. The molecule has 6 nitrogen and oxygen atoms in total. The molecule has 4 N–H and O–H groups in total. The number of aliphatic hydroxyl groups is 1. The van der Waals surface area contributed by atoms with Gasteiger partial charge in [-0.3, -0.25) is 4.79 Å². The second kappa shape index (κ2) is 7.84. The number of phenols is 1. The molecule has 1 atom stereocenters. The predicted octanol–water partition coefficient (Wildman–Crippen LogP) is 3.84. The summed E-state index contributed by atoms with van der Waals surface area (Å²) in [4.78, 5) is 18.7. The molecule has 0 amide bonds. The van der Waals surface area contributed by atoms with Crippen LogP contribution in [-0.4, -0.2) is 38.5 Å². The zero-order valence-corrected chi connectivity index (χ0v) is 16.7. The molecule has 0 bridgehead atoms. The van der Waals surface area contributed by atoms with Crippen molar-refractivity contribution in [3.63, 3.8) is 0 Å². The number of phenolic OH excluding ortho intramolecular Hbond substituents is 1. The van der Waals surface area contributed by atoms with E-state index in [0.717, 1.165) is 18.2 Å². The van der Waals surface area contributed by atoms with Crippen LogP contribution in [0.1, 0.15) is 25.8 Å². The van der Waals surface area contributed by atoms with Gasteiger partial charge in [-0.25, -0.2) is 9.37 Å². The molecule has 0 saturated carbocycles. The lowest BCUT2D eigenvalue weighted by Gasteiger charge is -2.38. The molecule has 0 saturated heterocycles. The van der Waals surface area contributed by atoms with Crippen molar-refractivity contribution in [1.29, 1.82) is 0 Å². The van der Waals surface area contributed by atoms with Crippen molar-refractivity contribution in [3.8, 4) is 5.75 Å². The Morgan fingerprint density at radius 1 is 1.13 bits per heavy atom. The summed E-state index contributed by atoms with van der Waals surface area (Å²) in [5, 5.41) is 23.0. The fourth-order valence-electron chi connectivity index (χ4n) is 3.52. The van der Waals surface area contributed by atoms with E-state index in [2.05, 4.69) is 15.3 Å². The normalized spacial score (nSPS) is 14.4. The minimum absolute atomic E-state index is 0.0294. The smallest absolute Gasteiger partial charge is 0.418 e.